The first-order chi connectivity index (χ1) is 7.84. The maximum atomic E-state index is 11.4. The van der Waals surface area contributed by atoms with Gasteiger partial charge < -0.3 is 14.8 Å². The van der Waals surface area contributed by atoms with Gasteiger partial charge in [0.25, 0.3) is 5.91 Å². The van der Waals surface area contributed by atoms with Crippen LogP contribution in [0.3, 0.4) is 0 Å². The quantitative estimate of drug-likeness (QED) is 0.845. The van der Waals surface area contributed by atoms with Crippen molar-refractivity contribution in [1.82, 2.24) is 4.98 Å². The number of hydrogen-bond donors (Lipinski definition) is 1. The first kappa shape index (κ1) is 11.5. The molecule has 88 valence electrons. The van der Waals surface area contributed by atoms with E-state index >= 15 is 0 Å². The van der Waals surface area contributed by atoms with Crippen LogP contribution in [0.15, 0.2) is 11.7 Å². The van der Waals surface area contributed by atoms with Gasteiger partial charge >= 0.3 is 0 Å². The molecule has 1 aromatic heterocycles. The lowest BCUT2D eigenvalue weighted by Gasteiger charge is -2.09. The number of carbonyl (C=O) groups excluding carboxylic acids is 1. The molecule has 0 radical (unpaired) electrons. The number of carbonyl (C=O) groups is 1. The molecule has 1 aromatic rings. The van der Waals surface area contributed by atoms with Crippen LogP contribution in [-0.4, -0.2) is 36.8 Å². The lowest BCUT2D eigenvalue weighted by molar-refractivity contribution is -0.121. The molecule has 1 aliphatic heterocycles. The van der Waals surface area contributed by atoms with Crippen LogP contribution < -0.4 is 5.32 Å². The average molecular weight is 242 g/mol. The Kier molecular flexibility index (Phi) is 4.26. The van der Waals surface area contributed by atoms with Crippen molar-refractivity contribution in [3.63, 3.8) is 0 Å². The second-order valence-corrected chi connectivity index (χ2v) is 4.45. The van der Waals surface area contributed by atoms with Crippen LogP contribution in [0.4, 0.5) is 5.00 Å². The standard InChI is InChI=1S/C10H14N2O3S/c13-9(12-10-4-11-7-16-10)6-14-5-8-2-1-3-15-8/h4,7-8H,1-3,5-6H2,(H,12,13). The summed E-state index contributed by atoms with van der Waals surface area (Å²) in [4.78, 5) is 15.2. The molecule has 0 aliphatic carbocycles. The van der Waals surface area contributed by atoms with Gasteiger partial charge in [0.15, 0.2) is 0 Å². The van der Waals surface area contributed by atoms with Crippen LogP contribution in [0.25, 0.3) is 0 Å². The summed E-state index contributed by atoms with van der Waals surface area (Å²) in [5, 5.41) is 3.44. The summed E-state index contributed by atoms with van der Waals surface area (Å²) in [5.74, 6) is -0.151. The number of nitrogens with zero attached hydrogens (tertiary/aromatic N) is 1. The SMILES string of the molecule is O=C(COCC1CCCO1)Nc1cncs1. The summed E-state index contributed by atoms with van der Waals surface area (Å²) in [6, 6.07) is 0. The fraction of sp³-hybridized carbons (Fsp3) is 0.600. The van der Waals surface area contributed by atoms with Crippen LogP contribution >= 0.6 is 11.3 Å². The Morgan fingerprint density at radius 1 is 1.75 bits per heavy atom. The number of aromatic nitrogens is 1. The van der Waals surface area contributed by atoms with Gasteiger partial charge in [0.1, 0.15) is 11.6 Å². The summed E-state index contributed by atoms with van der Waals surface area (Å²) < 4.78 is 10.7. The minimum atomic E-state index is -0.151. The molecular formula is C10H14N2O3S. The molecule has 6 heteroatoms. The highest BCUT2D eigenvalue weighted by Gasteiger charge is 2.15. The Balaban J connectivity index is 1.60. The minimum Gasteiger partial charge on any atom is -0.376 e. The van der Waals surface area contributed by atoms with Gasteiger partial charge in [-0.2, -0.15) is 0 Å². The zero-order valence-electron chi connectivity index (χ0n) is 8.85. The smallest absolute Gasteiger partial charge is 0.251 e. The number of thiazole rings is 1. The fourth-order valence-corrected chi connectivity index (χ4v) is 2.04. The zero-order valence-corrected chi connectivity index (χ0v) is 9.66. The van der Waals surface area contributed by atoms with Crippen molar-refractivity contribution in [2.45, 2.75) is 18.9 Å². The molecule has 2 rings (SSSR count). The zero-order chi connectivity index (χ0) is 11.2. The van der Waals surface area contributed by atoms with E-state index in [1.54, 1.807) is 11.7 Å². The third-order valence-corrected chi connectivity index (χ3v) is 2.94. The van der Waals surface area contributed by atoms with E-state index in [0.717, 1.165) is 24.4 Å². The third kappa shape index (κ3) is 3.55. The van der Waals surface area contributed by atoms with Crippen molar-refractivity contribution in [3.8, 4) is 0 Å². The molecule has 1 amide bonds. The maximum absolute atomic E-state index is 11.4. The fourth-order valence-electron chi connectivity index (χ4n) is 1.51. The summed E-state index contributed by atoms with van der Waals surface area (Å²) in [5.41, 5.74) is 1.67. The number of nitrogens with one attached hydrogen (secondary N) is 1. The van der Waals surface area contributed by atoms with E-state index in [9.17, 15) is 4.79 Å². The topological polar surface area (TPSA) is 60.5 Å². The van der Waals surface area contributed by atoms with Gasteiger partial charge in [-0.15, -0.1) is 11.3 Å². The molecule has 1 fully saturated rings. The van der Waals surface area contributed by atoms with Gasteiger partial charge in [-0.05, 0) is 12.8 Å². The number of rotatable bonds is 5. The predicted molar refractivity (Wildman–Crippen MR) is 60.5 cm³/mol. The first-order valence-corrected chi connectivity index (χ1v) is 6.10. The summed E-state index contributed by atoms with van der Waals surface area (Å²) in [6.45, 7) is 1.37. The lowest BCUT2D eigenvalue weighted by Crippen LogP contribution is -2.22. The van der Waals surface area contributed by atoms with Crippen molar-refractivity contribution in [2.24, 2.45) is 0 Å². The number of amides is 1. The van der Waals surface area contributed by atoms with Crippen molar-refractivity contribution in [3.05, 3.63) is 11.7 Å². The summed E-state index contributed by atoms with van der Waals surface area (Å²) in [6.07, 6.45) is 3.89. The van der Waals surface area contributed by atoms with Gasteiger partial charge in [-0.3, -0.25) is 9.78 Å². The molecule has 2 heterocycles. The van der Waals surface area contributed by atoms with Gasteiger partial charge in [0.2, 0.25) is 0 Å². The molecule has 1 aliphatic rings. The van der Waals surface area contributed by atoms with E-state index in [2.05, 4.69) is 10.3 Å². The Hall–Kier alpha value is -0.980. The van der Waals surface area contributed by atoms with E-state index in [1.807, 2.05) is 0 Å². The molecule has 0 spiro atoms. The number of anilines is 1. The summed E-state index contributed by atoms with van der Waals surface area (Å²) in [7, 11) is 0. The van der Waals surface area contributed by atoms with Crippen LogP contribution in [0.5, 0.6) is 0 Å². The largest absolute Gasteiger partial charge is 0.376 e. The lowest BCUT2D eigenvalue weighted by atomic mass is 10.2. The molecule has 5 nitrogen and oxygen atoms in total. The van der Waals surface area contributed by atoms with Crippen molar-refractivity contribution >= 4 is 22.2 Å². The number of ether oxygens (including phenoxy) is 2. The van der Waals surface area contributed by atoms with Gasteiger partial charge in [0.05, 0.1) is 24.4 Å². The van der Waals surface area contributed by atoms with E-state index in [1.165, 1.54) is 11.3 Å². The number of hydrogen-bond acceptors (Lipinski definition) is 5. The Morgan fingerprint density at radius 2 is 2.69 bits per heavy atom. The van der Waals surface area contributed by atoms with Crippen molar-refractivity contribution in [2.75, 3.05) is 25.1 Å². The van der Waals surface area contributed by atoms with E-state index in [4.69, 9.17) is 9.47 Å². The molecule has 1 atom stereocenters. The molecule has 1 unspecified atom stereocenters. The van der Waals surface area contributed by atoms with Gasteiger partial charge in [-0.1, -0.05) is 0 Å². The Morgan fingerprint density at radius 3 is 3.38 bits per heavy atom. The first-order valence-electron chi connectivity index (χ1n) is 5.22. The summed E-state index contributed by atoms with van der Waals surface area (Å²) >= 11 is 1.39. The van der Waals surface area contributed by atoms with Crippen LogP contribution in [0.1, 0.15) is 12.8 Å². The Bertz CT molecular complexity index is 323. The minimum absolute atomic E-state index is 0.0672. The highest BCUT2D eigenvalue weighted by atomic mass is 32.1. The second kappa shape index (κ2) is 5.93. The van der Waals surface area contributed by atoms with Crippen molar-refractivity contribution < 1.29 is 14.3 Å². The molecular weight excluding hydrogens is 228 g/mol. The highest BCUT2D eigenvalue weighted by Crippen LogP contribution is 2.13. The predicted octanol–water partition coefficient (Wildman–Crippen LogP) is 1.28. The van der Waals surface area contributed by atoms with E-state index in [-0.39, 0.29) is 18.6 Å². The van der Waals surface area contributed by atoms with Crippen molar-refractivity contribution in [1.29, 1.82) is 0 Å². The Labute approximate surface area is 97.8 Å². The van der Waals surface area contributed by atoms with Crippen LogP contribution in [-0.2, 0) is 14.3 Å². The molecule has 0 bridgehead atoms. The molecule has 0 aromatic carbocycles. The molecule has 1 N–H and O–H groups in total. The second-order valence-electron chi connectivity index (χ2n) is 3.56. The monoisotopic (exact) mass is 242 g/mol. The van der Waals surface area contributed by atoms with Gasteiger partial charge in [0, 0.05) is 6.61 Å². The van der Waals surface area contributed by atoms with Crippen LogP contribution in [0.2, 0.25) is 0 Å². The normalized spacial score (nSPS) is 19.9. The maximum Gasteiger partial charge on any atom is 0.251 e. The molecule has 16 heavy (non-hydrogen) atoms. The van der Waals surface area contributed by atoms with Crippen LogP contribution in [0, 0.1) is 0 Å². The highest BCUT2D eigenvalue weighted by molar-refractivity contribution is 7.13. The van der Waals surface area contributed by atoms with E-state index < -0.39 is 0 Å². The van der Waals surface area contributed by atoms with Gasteiger partial charge in [-0.25, -0.2) is 0 Å². The average Bonchev–Trinajstić information content (AvgIpc) is 2.90. The third-order valence-electron chi connectivity index (χ3n) is 2.26. The molecule has 1 saturated heterocycles. The molecule has 0 saturated carbocycles. The van der Waals surface area contributed by atoms with E-state index in [0.29, 0.717) is 6.61 Å².